The first-order valence-electron chi connectivity index (χ1n) is 36.4. The number of fused-ring (bicyclic) bond motifs is 4. The number of rotatable bonds is 10. The average Bonchev–Trinajstić information content (AvgIpc) is 1.64. The number of piperidine rings is 4. The molecular weight excluding hydrogens is 1340 g/mol. The SMILES string of the molecule is C.Cc1ccc(Cl)c(C2=NCc3nc(N4CCC(C)(N)CC4)cnc32)c1.Cc1cccc(C2=NCc3nc(N4CCC(C)(CN)CC4)cnc32)c1C.Cc1cccc(C2=NCc3nc(N4CCC(C)(N)CC4)cnc32)c1C.Cc1nccc(C2=NCc3nc(N4CCC(C)(C(C)N)CC4)cnc32)c1Cl. The molecule has 8 aromatic rings. The van der Waals surface area contributed by atoms with E-state index in [9.17, 15) is 0 Å². The summed E-state index contributed by atoms with van der Waals surface area (Å²) in [4.78, 5) is 70.5. The fraction of sp³-hybridized carbons (Fsp3) is 0.469. The van der Waals surface area contributed by atoms with Crippen molar-refractivity contribution in [2.24, 2.45) is 53.7 Å². The first-order chi connectivity index (χ1) is 49.3. The number of aliphatic imine (C=N–C) groups is 4. The van der Waals surface area contributed by atoms with Crippen molar-refractivity contribution < 1.29 is 0 Å². The molecule has 4 fully saturated rings. The third-order valence-corrected chi connectivity index (χ3v) is 23.6. The van der Waals surface area contributed by atoms with Crippen LogP contribution in [0.15, 0.2) is 112 Å². The van der Waals surface area contributed by atoms with E-state index >= 15 is 0 Å². The molecule has 1 atom stereocenters. The van der Waals surface area contributed by atoms with Crippen LogP contribution in [0.25, 0.3) is 0 Å². The van der Waals surface area contributed by atoms with Crippen molar-refractivity contribution in [3.63, 3.8) is 0 Å². The highest BCUT2D eigenvalue weighted by molar-refractivity contribution is 6.36. The maximum absolute atomic E-state index is 6.44. The van der Waals surface area contributed by atoms with E-state index in [2.05, 4.69) is 144 Å². The van der Waals surface area contributed by atoms with Gasteiger partial charge in [0.2, 0.25) is 0 Å². The van der Waals surface area contributed by atoms with Gasteiger partial charge in [0.15, 0.2) is 0 Å². The fourth-order valence-corrected chi connectivity index (χ4v) is 14.9. The molecule has 104 heavy (non-hydrogen) atoms. The molecule has 13 heterocycles. The summed E-state index contributed by atoms with van der Waals surface area (Å²) in [6, 6.07) is 20.7. The van der Waals surface area contributed by atoms with Crippen LogP contribution in [-0.2, 0) is 26.2 Å². The number of halogens is 2. The van der Waals surface area contributed by atoms with Gasteiger partial charge in [-0.15, -0.1) is 0 Å². The van der Waals surface area contributed by atoms with Crippen LogP contribution in [-0.4, -0.2) is 144 Å². The number of nitrogens with zero attached hydrogens (tertiary/aromatic N) is 17. The molecule has 8 aliphatic heterocycles. The number of benzene rings is 3. The predicted octanol–water partition coefficient (Wildman–Crippen LogP) is 12.7. The van der Waals surface area contributed by atoms with Gasteiger partial charge in [-0.2, -0.15) is 0 Å². The second kappa shape index (κ2) is 30.9. The van der Waals surface area contributed by atoms with Gasteiger partial charge in [-0.1, -0.05) is 92.5 Å². The Labute approximate surface area is 624 Å². The number of anilines is 4. The van der Waals surface area contributed by atoms with E-state index in [1.165, 1.54) is 27.8 Å². The first kappa shape index (κ1) is 75.1. The monoisotopic (exact) mass is 1440 g/mol. The van der Waals surface area contributed by atoms with Crippen LogP contribution >= 0.6 is 23.2 Å². The molecule has 0 spiro atoms. The third-order valence-electron chi connectivity index (χ3n) is 22.8. The molecule has 4 saturated heterocycles. The van der Waals surface area contributed by atoms with Crippen LogP contribution in [0, 0.1) is 52.4 Å². The largest absolute Gasteiger partial charge is 0.355 e. The molecule has 0 aliphatic carbocycles. The molecule has 3 aromatic carbocycles. The van der Waals surface area contributed by atoms with Gasteiger partial charge in [0, 0.05) is 97.9 Å². The van der Waals surface area contributed by atoms with E-state index in [-0.39, 0.29) is 35.4 Å². The van der Waals surface area contributed by atoms with Gasteiger partial charge < -0.3 is 42.5 Å². The number of nitrogens with two attached hydrogens (primary N) is 4. The molecule has 5 aromatic heterocycles. The van der Waals surface area contributed by atoms with Crippen LogP contribution in [0.2, 0.25) is 10.0 Å². The van der Waals surface area contributed by atoms with Crippen molar-refractivity contribution in [2.45, 2.75) is 178 Å². The highest BCUT2D eigenvalue weighted by atomic mass is 35.5. The zero-order chi connectivity index (χ0) is 72.7. The summed E-state index contributed by atoms with van der Waals surface area (Å²) < 4.78 is 0. The Bertz CT molecular complexity index is 4520. The highest BCUT2D eigenvalue weighted by Gasteiger charge is 2.37. The van der Waals surface area contributed by atoms with Crippen molar-refractivity contribution in [2.75, 3.05) is 78.5 Å². The lowest BCUT2D eigenvalue weighted by atomic mass is 9.75. The molecule has 546 valence electrons. The van der Waals surface area contributed by atoms with Gasteiger partial charge in [-0.05, 0) is 172 Å². The Morgan fingerprint density at radius 3 is 1.18 bits per heavy atom. The van der Waals surface area contributed by atoms with E-state index in [1.54, 1.807) is 6.20 Å². The quantitative estimate of drug-likeness (QED) is 0.0990. The molecular formula is C81H103Cl2N21. The van der Waals surface area contributed by atoms with Crippen LogP contribution in [0.4, 0.5) is 23.3 Å². The molecule has 0 amide bonds. The second-order valence-electron chi connectivity index (χ2n) is 30.7. The fourth-order valence-electron chi connectivity index (χ4n) is 14.5. The number of pyridine rings is 1. The molecule has 8 aliphatic rings. The maximum Gasteiger partial charge on any atom is 0.147 e. The molecule has 0 bridgehead atoms. The topological polar surface area (TPSA) is 282 Å². The predicted molar refractivity (Wildman–Crippen MR) is 424 cm³/mol. The van der Waals surface area contributed by atoms with Gasteiger partial charge in [0.1, 0.15) is 46.0 Å². The Morgan fingerprint density at radius 1 is 0.452 bits per heavy atom. The zero-order valence-corrected chi connectivity index (χ0v) is 63.3. The summed E-state index contributed by atoms with van der Waals surface area (Å²) in [5.41, 5.74) is 47.0. The van der Waals surface area contributed by atoms with Crippen molar-refractivity contribution >= 4 is 69.3 Å². The summed E-state index contributed by atoms with van der Waals surface area (Å²) in [7, 11) is 0. The lowest BCUT2D eigenvalue weighted by molar-refractivity contribution is 0.205. The van der Waals surface area contributed by atoms with Gasteiger partial charge in [-0.3, -0.25) is 25.0 Å². The maximum atomic E-state index is 6.44. The van der Waals surface area contributed by atoms with Gasteiger partial charge in [0.25, 0.3) is 0 Å². The van der Waals surface area contributed by atoms with Crippen molar-refractivity contribution in [3.8, 4) is 0 Å². The molecule has 0 radical (unpaired) electrons. The number of aryl methyl sites for hydroxylation is 4. The van der Waals surface area contributed by atoms with E-state index in [4.69, 9.17) is 91.0 Å². The van der Waals surface area contributed by atoms with Crippen LogP contribution < -0.4 is 42.5 Å². The minimum absolute atomic E-state index is 0. The normalized spacial score (nSPS) is 18.8. The van der Waals surface area contributed by atoms with Gasteiger partial charge >= 0.3 is 0 Å². The van der Waals surface area contributed by atoms with E-state index in [1.807, 2.05) is 56.8 Å². The Hall–Kier alpha value is -8.57. The lowest BCUT2D eigenvalue weighted by Crippen LogP contribution is -2.48. The highest BCUT2D eigenvalue weighted by Crippen LogP contribution is 2.38. The molecule has 21 nitrogen and oxygen atoms in total. The molecule has 1 unspecified atom stereocenters. The summed E-state index contributed by atoms with van der Waals surface area (Å²) in [5.74, 6) is 3.77. The van der Waals surface area contributed by atoms with Crippen LogP contribution in [0.5, 0.6) is 0 Å². The van der Waals surface area contributed by atoms with Crippen molar-refractivity contribution in [3.05, 3.63) is 203 Å². The summed E-state index contributed by atoms with van der Waals surface area (Å²) >= 11 is 12.8. The van der Waals surface area contributed by atoms with E-state index < -0.39 is 0 Å². The van der Waals surface area contributed by atoms with Gasteiger partial charge in [0.05, 0.1) is 112 Å². The van der Waals surface area contributed by atoms with Crippen LogP contribution in [0.1, 0.15) is 195 Å². The summed E-state index contributed by atoms with van der Waals surface area (Å²) in [5, 5.41) is 1.32. The van der Waals surface area contributed by atoms with Gasteiger partial charge in [-0.25, -0.2) is 39.9 Å². The minimum atomic E-state index is -0.0706. The Balaban J connectivity index is 0.000000130. The second-order valence-corrected chi connectivity index (χ2v) is 31.5. The smallest absolute Gasteiger partial charge is 0.147 e. The van der Waals surface area contributed by atoms with Crippen molar-refractivity contribution in [1.82, 2.24) is 44.9 Å². The molecule has 16 rings (SSSR count). The standard InChI is InChI=1S/C21H27N5.C20H25ClN6.C20H25N5.C19H22ClN5.CH4/c1-14-5-4-6-16(15(14)2)19-20-17(11-23-19)25-18(12-24-20)26-9-7-21(3,13-22)8-10-26;1-12-17(21)14(4-7-23-12)18-19-15(10-24-18)26-16(11-25-19)27-8-5-20(3,6-9-27)13(2)22;1-13-5-4-6-15(14(13)2)18-19-16(11-22-18)24-17(12-23-19)25-9-7-20(3,21)8-10-25;1-12-3-4-14(20)13(9-12)17-18-15(10-22-17)24-16(11-23-18)25-7-5-19(2,21)6-8-25;/h4-6,12H,7-11,13,22H2,1-3H3;4,7,11,13H,5-6,8-10,22H2,1-3H3;4-6,12H,7-11,21H2,1-3H3;3-4,9,11H,5-8,10,21H2,1-2H3;1H4. The zero-order valence-electron chi connectivity index (χ0n) is 61.8. The average molecular weight is 1440 g/mol. The Morgan fingerprint density at radius 2 is 0.808 bits per heavy atom. The summed E-state index contributed by atoms with van der Waals surface area (Å²) in [6.07, 6.45) is 17.5. The molecule has 8 N–H and O–H groups in total. The number of aromatic nitrogens is 9. The first-order valence-corrected chi connectivity index (χ1v) is 37.2. The third kappa shape index (κ3) is 16.0. The molecule has 23 heteroatoms. The van der Waals surface area contributed by atoms with E-state index in [0.717, 1.165) is 230 Å². The molecule has 0 saturated carbocycles. The lowest BCUT2D eigenvalue weighted by Gasteiger charge is -2.42. The van der Waals surface area contributed by atoms with Crippen LogP contribution in [0.3, 0.4) is 0 Å². The Kier molecular flexibility index (Phi) is 22.3. The van der Waals surface area contributed by atoms with E-state index in [0.29, 0.717) is 36.2 Å². The minimum Gasteiger partial charge on any atom is -0.355 e. The number of hydrogen-bond donors (Lipinski definition) is 4. The summed E-state index contributed by atoms with van der Waals surface area (Å²) in [6.45, 7) is 34.1. The van der Waals surface area contributed by atoms with Crippen molar-refractivity contribution in [1.29, 1.82) is 0 Å². The number of hydrogen-bond acceptors (Lipinski definition) is 21.